The zero-order chi connectivity index (χ0) is 12.0. The zero-order valence-electron chi connectivity index (χ0n) is 8.83. The highest BCUT2D eigenvalue weighted by atomic mass is 35.5. The van der Waals surface area contributed by atoms with Crippen molar-refractivity contribution >= 4 is 21.4 Å². The fraction of sp³-hybridized carbons (Fsp3) is 0.455. The molecular formula is C11H14ClFO2S. The molecule has 0 aromatic heterocycles. The molecule has 16 heavy (non-hydrogen) atoms. The Morgan fingerprint density at radius 2 is 2.00 bits per heavy atom. The van der Waals surface area contributed by atoms with Gasteiger partial charge in [0.2, 0.25) is 0 Å². The highest BCUT2D eigenvalue weighted by molar-refractivity contribution is 7.90. The molecule has 0 amide bonds. The summed E-state index contributed by atoms with van der Waals surface area (Å²) in [7, 11) is -3.15. The van der Waals surface area contributed by atoms with Crippen molar-refractivity contribution in [1.82, 2.24) is 0 Å². The van der Waals surface area contributed by atoms with Crippen LogP contribution in [0, 0.1) is 5.82 Å². The van der Waals surface area contributed by atoms with E-state index >= 15 is 0 Å². The lowest BCUT2D eigenvalue weighted by atomic mass is 10.2. The average molecular weight is 265 g/mol. The van der Waals surface area contributed by atoms with Crippen molar-refractivity contribution in [3.63, 3.8) is 0 Å². The molecule has 0 radical (unpaired) electrons. The SMILES string of the molecule is O=S(=O)(CCCCCl)Cc1cccc(F)c1. The second-order valence-electron chi connectivity index (χ2n) is 3.62. The van der Waals surface area contributed by atoms with Crippen LogP contribution in [0.25, 0.3) is 0 Å². The molecule has 0 atom stereocenters. The minimum atomic E-state index is -3.15. The first-order valence-electron chi connectivity index (χ1n) is 5.04. The summed E-state index contributed by atoms with van der Waals surface area (Å²) >= 11 is 5.47. The minimum Gasteiger partial charge on any atom is -0.228 e. The fourth-order valence-electron chi connectivity index (χ4n) is 1.37. The van der Waals surface area contributed by atoms with Crippen LogP contribution in [0.2, 0.25) is 0 Å². The number of hydrogen-bond acceptors (Lipinski definition) is 2. The molecule has 0 heterocycles. The number of sulfone groups is 1. The second kappa shape index (κ2) is 6.21. The van der Waals surface area contributed by atoms with Crippen molar-refractivity contribution in [2.45, 2.75) is 18.6 Å². The largest absolute Gasteiger partial charge is 0.228 e. The molecule has 1 rings (SSSR count). The van der Waals surface area contributed by atoms with Crippen molar-refractivity contribution in [2.75, 3.05) is 11.6 Å². The molecule has 2 nitrogen and oxygen atoms in total. The van der Waals surface area contributed by atoms with Crippen LogP contribution in [0.4, 0.5) is 4.39 Å². The van der Waals surface area contributed by atoms with Crippen molar-refractivity contribution in [1.29, 1.82) is 0 Å². The molecule has 0 unspecified atom stereocenters. The lowest BCUT2D eigenvalue weighted by Crippen LogP contribution is -2.09. The van der Waals surface area contributed by atoms with Gasteiger partial charge < -0.3 is 0 Å². The van der Waals surface area contributed by atoms with Gasteiger partial charge in [0, 0.05) is 5.88 Å². The van der Waals surface area contributed by atoms with Gasteiger partial charge in [0.05, 0.1) is 11.5 Å². The third-order valence-electron chi connectivity index (χ3n) is 2.11. The molecule has 90 valence electrons. The summed E-state index contributed by atoms with van der Waals surface area (Å²) in [6.07, 6.45) is 1.24. The number of benzene rings is 1. The maximum Gasteiger partial charge on any atom is 0.154 e. The predicted octanol–water partition coefficient (Wildman–Crippen LogP) is 2.76. The highest BCUT2D eigenvalue weighted by Gasteiger charge is 2.11. The summed E-state index contributed by atoms with van der Waals surface area (Å²) in [6, 6.07) is 5.67. The monoisotopic (exact) mass is 264 g/mol. The molecule has 0 bridgehead atoms. The maximum absolute atomic E-state index is 12.8. The number of alkyl halides is 1. The molecule has 0 fully saturated rings. The summed E-state index contributed by atoms with van der Waals surface area (Å²) in [5, 5.41) is 0. The average Bonchev–Trinajstić information content (AvgIpc) is 2.17. The van der Waals surface area contributed by atoms with Gasteiger partial charge in [-0.15, -0.1) is 11.6 Å². The summed E-state index contributed by atoms with van der Waals surface area (Å²) in [5.74, 6) is 0.0622. The first-order valence-corrected chi connectivity index (χ1v) is 7.40. The third kappa shape index (κ3) is 4.94. The van der Waals surface area contributed by atoms with E-state index in [4.69, 9.17) is 11.6 Å². The Labute approximate surface area is 100 Å². The predicted molar refractivity (Wildman–Crippen MR) is 63.8 cm³/mol. The van der Waals surface area contributed by atoms with Gasteiger partial charge in [0.1, 0.15) is 5.82 Å². The lowest BCUT2D eigenvalue weighted by Gasteiger charge is -2.03. The molecular weight excluding hydrogens is 251 g/mol. The lowest BCUT2D eigenvalue weighted by molar-refractivity contribution is 0.591. The van der Waals surface area contributed by atoms with Gasteiger partial charge in [-0.1, -0.05) is 12.1 Å². The smallest absolute Gasteiger partial charge is 0.154 e. The van der Waals surface area contributed by atoms with Crippen molar-refractivity contribution in [2.24, 2.45) is 0 Å². The molecule has 0 N–H and O–H groups in total. The Hall–Kier alpha value is -0.610. The maximum atomic E-state index is 12.8. The molecule has 5 heteroatoms. The van der Waals surface area contributed by atoms with E-state index in [-0.39, 0.29) is 11.5 Å². The van der Waals surface area contributed by atoms with Crippen molar-refractivity contribution < 1.29 is 12.8 Å². The van der Waals surface area contributed by atoms with Gasteiger partial charge in [-0.2, -0.15) is 0 Å². The van der Waals surface area contributed by atoms with Crippen LogP contribution in [0.1, 0.15) is 18.4 Å². The second-order valence-corrected chi connectivity index (χ2v) is 6.18. The number of halogens is 2. The summed E-state index contributed by atoms with van der Waals surface area (Å²) < 4.78 is 36.1. The van der Waals surface area contributed by atoms with E-state index in [2.05, 4.69) is 0 Å². The Bertz CT molecular complexity index is 431. The van der Waals surface area contributed by atoms with E-state index in [1.54, 1.807) is 6.07 Å². The molecule has 1 aromatic carbocycles. The van der Waals surface area contributed by atoms with Gasteiger partial charge in [-0.25, -0.2) is 12.8 Å². The number of rotatable bonds is 6. The standard InChI is InChI=1S/C11H14ClFO2S/c12-6-1-2-7-16(14,15)9-10-4-3-5-11(13)8-10/h3-5,8H,1-2,6-7,9H2. The van der Waals surface area contributed by atoms with E-state index in [0.29, 0.717) is 24.3 Å². The topological polar surface area (TPSA) is 34.1 Å². The fourth-order valence-corrected chi connectivity index (χ4v) is 3.03. The van der Waals surface area contributed by atoms with E-state index in [9.17, 15) is 12.8 Å². The molecule has 0 saturated heterocycles. The minimum absolute atomic E-state index is 0.104. The third-order valence-corrected chi connectivity index (χ3v) is 4.07. The van der Waals surface area contributed by atoms with Crippen LogP contribution < -0.4 is 0 Å². The van der Waals surface area contributed by atoms with Crippen LogP contribution in [0.5, 0.6) is 0 Å². The van der Waals surface area contributed by atoms with Gasteiger partial charge >= 0.3 is 0 Å². The Morgan fingerprint density at radius 3 is 2.62 bits per heavy atom. The van der Waals surface area contributed by atoms with Crippen LogP contribution in [0.3, 0.4) is 0 Å². The van der Waals surface area contributed by atoms with Crippen LogP contribution in [-0.2, 0) is 15.6 Å². The Kier molecular flexibility index (Phi) is 5.22. The van der Waals surface area contributed by atoms with E-state index < -0.39 is 15.7 Å². The quantitative estimate of drug-likeness (QED) is 0.585. The van der Waals surface area contributed by atoms with Gasteiger partial charge in [0.25, 0.3) is 0 Å². The summed E-state index contributed by atoms with van der Waals surface area (Å²) in [5.41, 5.74) is 0.492. The van der Waals surface area contributed by atoms with Crippen molar-refractivity contribution in [3.05, 3.63) is 35.6 Å². The number of hydrogen-bond donors (Lipinski definition) is 0. The molecule has 0 spiro atoms. The van der Waals surface area contributed by atoms with E-state index in [1.807, 2.05) is 0 Å². The van der Waals surface area contributed by atoms with Gasteiger partial charge in [-0.05, 0) is 30.5 Å². The highest BCUT2D eigenvalue weighted by Crippen LogP contribution is 2.10. The molecule has 0 aliphatic rings. The Balaban J connectivity index is 2.59. The summed E-state index contributed by atoms with van der Waals surface area (Å²) in [4.78, 5) is 0. The summed E-state index contributed by atoms with van der Waals surface area (Å²) in [6.45, 7) is 0. The molecule has 0 saturated carbocycles. The molecule has 0 aliphatic heterocycles. The van der Waals surface area contributed by atoms with E-state index in [1.165, 1.54) is 18.2 Å². The first kappa shape index (κ1) is 13.5. The van der Waals surface area contributed by atoms with Crippen LogP contribution >= 0.6 is 11.6 Å². The first-order chi connectivity index (χ1) is 7.53. The van der Waals surface area contributed by atoms with Crippen LogP contribution in [-0.4, -0.2) is 20.1 Å². The van der Waals surface area contributed by atoms with Gasteiger partial charge in [-0.3, -0.25) is 0 Å². The van der Waals surface area contributed by atoms with E-state index in [0.717, 1.165) is 0 Å². The number of unbranched alkanes of at least 4 members (excludes halogenated alkanes) is 1. The van der Waals surface area contributed by atoms with Crippen LogP contribution in [0.15, 0.2) is 24.3 Å². The zero-order valence-corrected chi connectivity index (χ0v) is 10.4. The normalized spacial score (nSPS) is 11.6. The van der Waals surface area contributed by atoms with Crippen molar-refractivity contribution in [3.8, 4) is 0 Å². The van der Waals surface area contributed by atoms with Gasteiger partial charge in [0.15, 0.2) is 9.84 Å². The molecule has 1 aromatic rings. The Morgan fingerprint density at radius 1 is 1.25 bits per heavy atom. The molecule has 0 aliphatic carbocycles.